The van der Waals surface area contributed by atoms with Gasteiger partial charge in [0.1, 0.15) is 11.6 Å². The SMILES string of the molecule is C#Cc1ccc(OC)c(C(=O)Nc2cccc(C3(C)CC(=O)N(C4CCCC(C)C4)C(=C)N3)c2P)c1.CC. The standard InChI is InChI=1S/C29H34N3O3P.C2H6/c1-6-20-13-14-25(35-5)22(16-20)28(34)30-24-12-8-11-23(27(24)36)29(4)17-26(33)32(19(3)31-29)21-10-7-9-18(2)15-21;1-2/h1,8,11-14,16,18,21,31H,3,7,9-10,15,17,36H2,2,4-5H3,(H,30,34);1-2H3. The number of hydrogen-bond donors (Lipinski definition) is 2. The number of nitrogens with one attached hydrogen (secondary N) is 2. The van der Waals surface area contributed by atoms with Crippen molar-refractivity contribution in [2.45, 2.75) is 71.4 Å². The minimum atomic E-state index is -0.663. The molecule has 2 aromatic carbocycles. The maximum Gasteiger partial charge on any atom is 0.259 e. The van der Waals surface area contributed by atoms with Gasteiger partial charge in [0.25, 0.3) is 5.91 Å². The van der Waals surface area contributed by atoms with Crippen LogP contribution in [0.5, 0.6) is 5.75 Å². The normalized spacial score (nSPS) is 22.9. The van der Waals surface area contributed by atoms with Gasteiger partial charge in [0, 0.05) is 17.3 Å². The Balaban J connectivity index is 0.00000195. The molecule has 7 heteroatoms. The van der Waals surface area contributed by atoms with Gasteiger partial charge >= 0.3 is 0 Å². The third-order valence-corrected chi connectivity index (χ3v) is 7.94. The van der Waals surface area contributed by atoms with E-state index in [9.17, 15) is 9.59 Å². The van der Waals surface area contributed by atoms with Gasteiger partial charge in [-0.3, -0.25) is 14.5 Å². The fourth-order valence-electron chi connectivity index (χ4n) is 5.50. The smallest absolute Gasteiger partial charge is 0.259 e. The third kappa shape index (κ3) is 6.05. The van der Waals surface area contributed by atoms with Gasteiger partial charge in [0.05, 0.1) is 24.6 Å². The summed E-state index contributed by atoms with van der Waals surface area (Å²) in [4.78, 5) is 28.5. The van der Waals surface area contributed by atoms with Gasteiger partial charge in [-0.1, -0.05) is 58.2 Å². The van der Waals surface area contributed by atoms with Gasteiger partial charge in [0.15, 0.2) is 0 Å². The molecule has 1 heterocycles. The van der Waals surface area contributed by atoms with Gasteiger partial charge in [-0.2, -0.15) is 0 Å². The van der Waals surface area contributed by atoms with E-state index in [4.69, 9.17) is 11.2 Å². The Bertz CT molecular complexity index is 1230. The Morgan fingerprint density at radius 2 is 2.03 bits per heavy atom. The molecule has 1 saturated carbocycles. The monoisotopic (exact) mass is 533 g/mol. The van der Waals surface area contributed by atoms with E-state index in [0.717, 1.165) is 30.1 Å². The molecular weight excluding hydrogens is 493 g/mol. The molecule has 1 saturated heterocycles. The molecule has 1 aliphatic heterocycles. The summed E-state index contributed by atoms with van der Waals surface area (Å²) in [6.45, 7) is 12.5. The van der Waals surface area contributed by atoms with Crippen LogP contribution in [0.25, 0.3) is 0 Å². The third-order valence-electron chi connectivity index (χ3n) is 7.32. The van der Waals surface area contributed by atoms with Gasteiger partial charge < -0.3 is 15.4 Å². The summed E-state index contributed by atoms with van der Waals surface area (Å²) >= 11 is 0. The summed E-state index contributed by atoms with van der Waals surface area (Å²) < 4.78 is 5.36. The summed E-state index contributed by atoms with van der Waals surface area (Å²) in [5, 5.41) is 7.31. The lowest BCUT2D eigenvalue weighted by Gasteiger charge is -2.47. The molecule has 6 nitrogen and oxygen atoms in total. The lowest BCUT2D eigenvalue weighted by atomic mass is 9.82. The van der Waals surface area contributed by atoms with Crippen LogP contribution in [-0.4, -0.2) is 29.9 Å². The zero-order chi connectivity index (χ0) is 28.0. The van der Waals surface area contributed by atoms with Crippen LogP contribution in [0.2, 0.25) is 0 Å². The quantitative estimate of drug-likeness (QED) is 0.391. The second kappa shape index (κ2) is 12.5. The van der Waals surface area contributed by atoms with Crippen LogP contribution in [0.1, 0.15) is 81.3 Å². The van der Waals surface area contributed by atoms with Crippen LogP contribution in [0, 0.1) is 18.3 Å². The number of carbonyl (C=O) groups is 2. The number of terminal acetylenes is 1. The summed E-state index contributed by atoms with van der Waals surface area (Å²) in [7, 11) is 4.24. The summed E-state index contributed by atoms with van der Waals surface area (Å²) in [5.41, 5.74) is 1.81. The maximum atomic E-state index is 13.4. The van der Waals surface area contributed by atoms with Crippen LogP contribution >= 0.6 is 9.24 Å². The minimum Gasteiger partial charge on any atom is -0.496 e. The Labute approximate surface area is 229 Å². The number of amides is 2. The van der Waals surface area contributed by atoms with Crippen LogP contribution in [-0.2, 0) is 10.3 Å². The lowest BCUT2D eigenvalue weighted by Crippen LogP contribution is -2.57. The molecule has 4 atom stereocenters. The van der Waals surface area contributed by atoms with Crippen molar-refractivity contribution in [2.24, 2.45) is 5.92 Å². The second-order valence-corrected chi connectivity index (χ2v) is 10.6. The van der Waals surface area contributed by atoms with E-state index in [1.807, 2.05) is 43.9 Å². The highest BCUT2D eigenvalue weighted by Gasteiger charge is 2.42. The topological polar surface area (TPSA) is 70.7 Å². The summed E-state index contributed by atoms with van der Waals surface area (Å²) in [6, 6.07) is 10.9. The highest BCUT2D eigenvalue weighted by molar-refractivity contribution is 7.28. The molecule has 2 amide bonds. The van der Waals surface area contributed by atoms with E-state index >= 15 is 0 Å². The highest BCUT2D eigenvalue weighted by atomic mass is 31.0. The molecule has 2 N–H and O–H groups in total. The molecular formula is C31H40N3O3P. The van der Waals surface area contributed by atoms with E-state index < -0.39 is 5.54 Å². The van der Waals surface area contributed by atoms with Crippen LogP contribution in [0.4, 0.5) is 5.69 Å². The molecule has 38 heavy (non-hydrogen) atoms. The van der Waals surface area contributed by atoms with Crippen molar-refractivity contribution in [3.05, 3.63) is 65.5 Å². The molecule has 202 valence electrons. The van der Waals surface area contributed by atoms with Crippen molar-refractivity contribution in [3.63, 3.8) is 0 Å². The Kier molecular flexibility index (Phi) is 9.63. The first kappa shape index (κ1) is 29.3. The van der Waals surface area contributed by atoms with Crippen molar-refractivity contribution >= 4 is 32.0 Å². The van der Waals surface area contributed by atoms with Gasteiger partial charge in [-0.15, -0.1) is 15.7 Å². The number of benzene rings is 2. The predicted molar refractivity (Wildman–Crippen MR) is 159 cm³/mol. The molecule has 0 aromatic heterocycles. The molecule has 1 aliphatic carbocycles. The number of anilines is 1. The first-order valence-electron chi connectivity index (χ1n) is 13.3. The zero-order valence-electron chi connectivity index (χ0n) is 23.2. The van der Waals surface area contributed by atoms with Crippen LogP contribution in [0.3, 0.4) is 0 Å². The molecule has 2 aromatic rings. The first-order valence-corrected chi connectivity index (χ1v) is 13.9. The summed E-state index contributed by atoms with van der Waals surface area (Å²) in [6.07, 6.45) is 10.2. The van der Waals surface area contributed by atoms with E-state index in [1.165, 1.54) is 13.5 Å². The number of nitrogens with zero attached hydrogens (tertiary/aromatic N) is 1. The Morgan fingerprint density at radius 1 is 1.29 bits per heavy atom. The number of hydrogen-bond acceptors (Lipinski definition) is 4. The van der Waals surface area contributed by atoms with Gasteiger partial charge in [-0.05, 0) is 60.8 Å². The second-order valence-electron chi connectivity index (χ2n) is 10.1. The Hall–Kier alpha value is -3.29. The lowest BCUT2D eigenvalue weighted by molar-refractivity contribution is -0.136. The van der Waals surface area contributed by atoms with Crippen molar-refractivity contribution in [2.75, 3.05) is 12.4 Å². The minimum absolute atomic E-state index is 0.0787. The fraction of sp³-hybridized carbons (Fsp3) is 0.419. The number of rotatable bonds is 5. The maximum absolute atomic E-state index is 13.4. The number of ether oxygens (including phenoxy) is 1. The average Bonchev–Trinajstić information content (AvgIpc) is 2.90. The van der Waals surface area contributed by atoms with Crippen LogP contribution < -0.4 is 20.7 Å². The molecule has 4 rings (SSSR count). The molecule has 0 bridgehead atoms. The number of methoxy groups -OCH3 is 1. The largest absolute Gasteiger partial charge is 0.496 e. The van der Waals surface area contributed by atoms with E-state index in [1.54, 1.807) is 18.2 Å². The Morgan fingerprint density at radius 3 is 2.66 bits per heavy atom. The average molecular weight is 534 g/mol. The molecule has 2 fully saturated rings. The number of carbonyl (C=O) groups excluding carboxylic acids is 2. The first-order chi connectivity index (χ1) is 18.2. The molecule has 4 unspecified atom stereocenters. The predicted octanol–water partition coefficient (Wildman–Crippen LogP) is 5.54. The van der Waals surface area contributed by atoms with E-state index in [-0.39, 0.29) is 17.9 Å². The van der Waals surface area contributed by atoms with E-state index in [2.05, 4.69) is 39.3 Å². The zero-order valence-corrected chi connectivity index (χ0v) is 24.3. The highest BCUT2D eigenvalue weighted by Crippen LogP contribution is 2.37. The molecule has 2 aliphatic rings. The van der Waals surface area contributed by atoms with Gasteiger partial charge in [-0.25, -0.2) is 0 Å². The van der Waals surface area contributed by atoms with Gasteiger partial charge in [0.2, 0.25) is 5.91 Å². The van der Waals surface area contributed by atoms with E-state index in [0.29, 0.717) is 40.7 Å². The van der Waals surface area contributed by atoms with Crippen molar-refractivity contribution in [1.29, 1.82) is 0 Å². The molecule has 0 spiro atoms. The van der Waals surface area contributed by atoms with Crippen molar-refractivity contribution < 1.29 is 14.3 Å². The fourth-order valence-corrected chi connectivity index (χ4v) is 6.09. The molecule has 0 radical (unpaired) electrons. The van der Waals surface area contributed by atoms with Crippen LogP contribution in [0.15, 0.2) is 48.8 Å². The van der Waals surface area contributed by atoms with Crippen molar-refractivity contribution in [1.82, 2.24) is 10.2 Å². The van der Waals surface area contributed by atoms with Crippen molar-refractivity contribution in [3.8, 4) is 18.1 Å². The summed E-state index contributed by atoms with van der Waals surface area (Å²) in [5.74, 6) is 3.99.